The quantitative estimate of drug-likeness (QED) is 0.610. The van der Waals surface area contributed by atoms with E-state index >= 15 is 0 Å². The fourth-order valence-corrected chi connectivity index (χ4v) is 2.54. The lowest BCUT2D eigenvalue weighted by atomic mass is 10.1. The SMILES string of the molecule is NC(=S)c1cc(COc2cc(F)c(Cl)cc2Br)ccc1F. The molecule has 2 aromatic rings. The minimum absolute atomic E-state index is 0.00762. The summed E-state index contributed by atoms with van der Waals surface area (Å²) in [4.78, 5) is -0.0342. The third-order valence-corrected chi connectivity index (χ3v) is 3.79. The van der Waals surface area contributed by atoms with E-state index in [9.17, 15) is 8.78 Å². The van der Waals surface area contributed by atoms with Crippen LogP contribution in [0.3, 0.4) is 0 Å². The second kappa shape index (κ2) is 6.68. The van der Waals surface area contributed by atoms with Crippen molar-refractivity contribution in [2.75, 3.05) is 0 Å². The summed E-state index contributed by atoms with van der Waals surface area (Å²) in [6.07, 6.45) is 0. The molecule has 0 radical (unpaired) electrons. The Morgan fingerprint density at radius 3 is 2.62 bits per heavy atom. The van der Waals surface area contributed by atoms with E-state index in [1.165, 1.54) is 30.3 Å². The van der Waals surface area contributed by atoms with Crippen LogP contribution in [-0.4, -0.2) is 4.99 Å². The summed E-state index contributed by atoms with van der Waals surface area (Å²) in [6.45, 7) is 0.107. The Hall–Kier alpha value is -1.24. The molecule has 0 aliphatic heterocycles. The van der Waals surface area contributed by atoms with Crippen LogP contribution in [0, 0.1) is 11.6 Å². The number of rotatable bonds is 4. The molecule has 2 N–H and O–H groups in total. The van der Waals surface area contributed by atoms with Crippen molar-refractivity contribution in [2.45, 2.75) is 6.61 Å². The Morgan fingerprint density at radius 1 is 1.24 bits per heavy atom. The Morgan fingerprint density at radius 2 is 1.95 bits per heavy atom. The highest BCUT2D eigenvalue weighted by atomic mass is 79.9. The van der Waals surface area contributed by atoms with Crippen molar-refractivity contribution < 1.29 is 13.5 Å². The lowest BCUT2D eigenvalue weighted by Crippen LogP contribution is -2.12. The van der Waals surface area contributed by atoms with Crippen molar-refractivity contribution in [3.63, 3.8) is 0 Å². The molecule has 7 heteroatoms. The predicted molar refractivity (Wildman–Crippen MR) is 85.7 cm³/mol. The molecule has 0 spiro atoms. The number of benzene rings is 2. The summed E-state index contributed by atoms with van der Waals surface area (Å²) in [5.74, 6) is -0.791. The van der Waals surface area contributed by atoms with Crippen LogP contribution in [0.25, 0.3) is 0 Å². The van der Waals surface area contributed by atoms with Gasteiger partial charge in [-0.2, -0.15) is 0 Å². The largest absolute Gasteiger partial charge is 0.488 e. The van der Waals surface area contributed by atoms with Gasteiger partial charge in [-0.3, -0.25) is 0 Å². The molecule has 0 aliphatic rings. The third-order valence-electron chi connectivity index (χ3n) is 2.67. The predicted octanol–water partition coefficient (Wildman–Crippen LogP) is 4.59. The highest BCUT2D eigenvalue weighted by molar-refractivity contribution is 9.10. The summed E-state index contributed by atoms with van der Waals surface area (Å²) in [7, 11) is 0. The van der Waals surface area contributed by atoms with E-state index in [-0.39, 0.29) is 27.9 Å². The van der Waals surface area contributed by atoms with E-state index in [0.29, 0.717) is 10.0 Å². The molecule has 0 heterocycles. The first-order valence-corrected chi connectivity index (χ1v) is 7.32. The van der Waals surface area contributed by atoms with Gasteiger partial charge in [0, 0.05) is 11.6 Å². The summed E-state index contributed by atoms with van der Waals surface area (Å²) in [5, 5.41) is -0.00762. The molecule has 0 atom stereocenters. The number of hydrogen-bond donors (Lipinski definition) is 1. The Kier molecular flexibility index (Phi) is 5.13. The van der Waals surface area contributed by atoms with Crippen molar-refractivity contribution in [1.29, 1.82) is 0 Å². The van der Waals surface area contributed by atoms with Crippen molar-refractivity contribution in [3.05, 3.63) is 62.6 Å². The van der Waals surface area contributed by atoms with Crippen molar-refractivity contribution >= 4 is 44.7 Å². The summed E-state index contributed by atoms with van der Waals surface area (Å²) >= 11 is 13.6. The number of thiocarbonyl (C=S) groups is 1. The average Bonchev–Trinajstić information content (AvgIpc) is 2.42. The van der Waals surface area contributed by atoms with Crippen LogP contribution in [0.5, 0.6) is 5.75 Å². The average molecular weight is 393 g/mol. The molecule has 0 saturated carbocycles. The van der Waals surface area contributed by atoms with Crippen LogP contribution < -0.4 is 10.5 Å². The molecular weight excluding hydrogens is 384 g/mol. The fourth-order valence-electron chi connectivity index (χ4n) is 1.63. The topological polar surface area (TPSA) is 35.2 Å². The maximum absolute atomic E-state index is 13.5. The zero-order chi connectivity index (χ0) is 15.6. The highest BCUT2D eigenvalue weighted by Gasteiger charge is 2.10. The van der Waals surface area contributed by atoms with Gasteiger partial charge in [0.1, 0.15) is 29.0 Å². The van der Waals surface area contributed by atoms with E-state index in [1.54, 1.807) is 0 Å². The third kappa shape index (κ3) is 3.90. The zero-order valence-corrected chi connectivity index (χ0v) is 13.7. The van der Waals surface area contributed by atoms with Gasteiger partial charge in [-0.1, -0.05) is 29.9 Å². The van der Waals surface area contributed by atoms with Gasteiger partial charge < -0.3 is 10.5 Å². The standard InChI is InChI=1S/C14H9BrClF2NOS/c15-9-4-10(16)12(18)5-13(9)20-6-7-1-2-11(17)8(3-7)14(19)21/h1-5H,6H2,(H2,19,21). The first-order chi connectivity index (χ1) is 9.88. The zero-order valence-electron chi connectivity index (χ0n) is 10.5. The van der Waals surface area contributed by atoms with Gasteiger partial charge in [0.05, 0.1) is 9.50 Å². The molecule has 0 bridgehead atoms. The molecule has 2 rings (SSSR count). The fraction of sp³-hybridized carbons (Fsp3) is 0.0714. The lowest BCUT2D eigenvalue weighted by Gasteiger charge is -2.10. The van der Waals surface area contributed by atoms with Crippen molar-refractivity contribution in [1.82, 2.24) is 0 Å². The van der Waals surface area contributed by atoms with E-state index in [1.807, 2.05) is 0 Å². The Balaban J connectivity index is 2.19. The first kappa shape index (κ1) is 16.1. The van der Waals surface area contributed by atoms with Gasteiger partial charge in [0.15, 0.2) is 0 Å². The van der Waals surface area contributed by atoms with Crippen LogP contribution in [0.4, 0.5) is 8.78 Å². The van der Waals surface area contributed by atoms with Crippen LogP contribution >= 0.6 is 39.7 Å². The highest BCUT2D eigenvalue weighted by Crippen LogP contribution is 2.31. The van der Waals surface area contributed by atoms with Crippen LogP contribution in [0.1, 0.15) is 11.1 Å². The first-order valence-electron chi connectivity index (χ1n) is 5.74. The maximum Gasteiger partial charge on any atom is 0.145 e. The molecule has 21 heavy (non-hydrogen) atoms. The van der Waals surface area contributed by atoms with Crippen LogP contribution in [0.2, 0.25) is 5.02 Å². The molecule has 0 fully saturated rings. The van der Waals surface area contributed by atoms with Crippen molar-refractivity contribution in [3.8, 4) is 5.75 Å². The van der Waals surface area contributed by atoms with Gasteiger partial charge in [-0.05, 0) is 39.7 Å². The van der Waals surface area contributed by atoms with Gasteiger partial charge in [-0.15, -0.1) is 0 Å². The Bertz CT molecular complexity index is 712. The van der Waals surface area contributed by atoms with Gasteiger partial charge >= 0.3 is 0 Å². The monoisotopic (exact) mass is 391 g/mol. The summed E-state index contributed by atoms with van der Waals surface area (Å²) in [5.41, 5.74) is 6.23. The van der Waals surface area contributed by atoms with Crippen LogP contribution in [0.15, 0.2) is 34.8 Å². The van der Waals surface area contributed by atoms with Crippen LogP contribution in [-0.2, 0) is 6.61 Å². The van der Waals surface area contributed by atoms with E-state index in [4.69, 9.17) is 34.3 Å². The second-order valence-corrected chi connectivity index (χ2v) is 5.87. The number of nitrogens with two attached hydrogens (primary N) is 1. The molecule has 0 unspecified atom stereocenters. The number of ether oxygens (including phenoxy) is 1. The van der Waals surface area contributed by atoms with Gasteiger partial charge in [-0.25, -0.2) is 8.78 Å². The normalized spacial score (nSPS) is 10.5. The molecule has 2 nitrogen and oxygen atoms in total. The summed E-state index contributed by atoms with van der Waals surface area (Å²) < 4.78 is 32.9. The second-order valence-electron chi connectivity index (χ2n) is 4.16. The number of halogens is 4. The van der Waals surface area contributed by atoms with E-state index in [2.05, 4.69) is 15.9 Å². The number of hydrogen-bond acceptors (Lipinski definition) is 2. The lowest BCUT2D eigenvalue weighted by molar-refractivity contribution is 0.302. The van der Waals surface area contributed by atoms with E-state index < -0.39 is 11.6 Å². The Labute approximate surface area is 139 Å². The van der Waals surface area contributed by atoms with Crippen molar-refractivity contribution in [2.24, 2.45) is 5.73 Å². The molecule has 2 aromatic carbocycles. The minimum atomic E-state index is -0.585. The van der Waals surface area contributed by atoms with Gasteiger partial charge in [0.25, 0.3) is 0 Å². The molecule has 0 aliphatic carbocycles. The van der Waals surface area contributed by atoms with E-state index in [0.717, 1.165) is 0 Å². The maximum atomic E-state index is 13.5. The smallest absolute Gasteiger partial charge is 0.145 e. The molecule has 0 amide bonds. The van der Waals surface area contributed by atoms with Gasteiger partial charge in [0.2, 0.25) is 0 Å². The minimum Gasteiger partial charge on any atom is -0.488 e. The molecule has 110 valence electrons. The molecule has 0 aromatic heterocycles. The summed E-state index contributed by atoms with van der Waals surface area (Å²) in [6, 6.07) is 6.86. The molecular formula is C14H9BrClF2NOS. The molecule has 0 saturated heterocycles.